The minimum atomic E-state index is -0.452. The second-order valence-corrected chi connectivity index (χ2v) is 6.44. The van der Waals surface area contributed by atoms with Crippen molar-refractivity contribution in [3.8, 4) is 22.6 Å². The Kier molecular flexibility index (Phi) is 5.29. The molecule has 0 saturated heterocycles. The molecule has 0 aliphatic carbocycles. The molecule has 0 unspecified atom stereocenters. The average Bonchev–Trinajstić information content (AvgIpc) is 2.62. The predicted molar refractivity (Wildman–Crippen MR) is 104 cm³/mol. The van der Waals surface area contributed by atoms with Gasteiger partial charge in [-0.1, -0.05) is 41.9 Å². The molecule has 0 aromatic heterocycles. The first-order valence-corrected chi connectivity index (χ1v) is 8.60. The lowest BCUT2D eigenvalue weighted by molar-refractivity contribution is 0.0735. The zero-order valence-electron chi connectivity index (χ0n) is 14.9. The molecule has 0 saturated carbocycles. The lowest BCUT2D eigenvalue weighted by Crippen LogP contribution is -2.09. The van der Waals surface area contributed by atoms with Gasteiger partial charge in [0, 0.05) is 16.1 Å². The van der Waals surface area contributed by atoms with Gasteiger partial charge in [-0.05, 0) is 55.3 Å². The van der Waals surface area contributed by atoms with Gasteiger partial charge in [-0.25, -0.2) is 4.79 Å². The van der Waals surface area contributed by atoms with Crippen molar-refractivity contribution in [2.24, 2.45) is 0 Å². The first-order valence-electron chi connectivity index (χ1n) is 8.22. The Morgan fingerprint density at radius 3 is 2.04 bits per heavy atom. The maximum Gasteiger partial charge on any atom is 0.343 e. The van der Waals surface area contributed by atoms with E-state index in [1.807, 2.05) is 44.2 Å². The Morgan fingerprint density at radius 2 is 1.42 bits per heavy atom. The van der Waals surface area contributed by atoms with E-state index in [0.717, 1.165) is 28.0 Å². The first kappa shape index (κ1) is 18.0. The standard InChI is InChI=1S/C22H19ClO3/c1-14-7-4-11-18(25-3)20(14)21-15(2)8-5-12-19(21)26-22(24)16-9-6-10-17(23)13-16/h4-13H,1-3H3. The van der Waals surface area contributed by atoms with Crippen LogP contribution in [0, 0.1) is 13.8 Å². The van der Waals surface area contributed by atoms with Crippen LogP contribution < -0.4 is 9.47 Å². The zero-order chi connectivity index (χ0) is 18.7. The molecule has 3 nitrogen and oxygen atoms in total. The Balaban J connectivity index is 2.08. The summed E-state index contributed by atoms with van der Waals surface area (Å²) in [6.07, 6.45) is 0. The van der Waals surface area contributed by atoms with Gasteiger partial charge in [0.15, 0.2) is 0 Å². The van der Waals surface area contributed by atoms with Crippen molar-refractivity contribution in [2.45, 2.75) is 13.8 Å². The number of esters is 1. The normalized spacial score (nSPS) is 10.5. The molecule has 0 spiro atoms. The molecule has 26 heavy (non-hydrogen) atoms. The zero-order valence-corrected chi connectivity index (χ0v) is 15.6. The molecule has 0 bridgehead atoms. The van der Waals surface area contributed by atoms with Crippen molar-refractivity contribution >= 4 is 17.6 Å². The van der Waals surface area contributed by atoms with Gasteiger partial charge in [0.25, 0.3) is 0 Å². The molecule has 0 N–H and O–H groups in total. The lowest BCUT2D eigenvalue weighted by Gasteiger charge is -2.17. The van der Waals surface area contributed by atoms with Crippen LogP contribution in [0.25, 0.3) is 11.1 Å². The topological polar surface area (TPSA) is 35.5 Å². The van der Waals surface area contributed by atoms with E-state index in [4.69, 9.17) is 21.1 Å². The maximum atomic E-state index is 12.6. The first-order chi connectivity index (χ1) is 12.5. The summed E-state index contributed by atoms with van der Waals surface area (Å²) >= 11 is 5.98. The summed E-state index contributed by atoms with van der Waals surface area (Å²) in [7, 11) is 1.63. The van der Waals surface area contributed by atoms with Crippen LogP contribution in [-0.2, 0) is 0 Å². The van der Waals surface area contributed by atoms with Crippen LogP contribution in [0.3, 0.4) is 0 Å². The summed E-state index contributed by atoms with van der Waals surface area (Å²) in [5.41, 5.74) is 4.20. The van der Waals surface area contributed by atoms with Gasteiger partial charge in [-0.2, -0.15) is 0 Å². The molecule has 3 aromatic rings. The highest BCUT2D eigenvalue weighted by molar-refractivity contribution is 6.30. The monoisotopic (exact) mass is 366 g/mol. The van der Waals surface area contributed by atoms with E-state index in [0.29, 0.717) is 16.3 Å². The second kappa shape index (κ2) is 7.63. The van der Waals surface area contributed by atoms with Crippen molar-refractivity contribution in [1.29, 1.82) is 0 Å². The average molecular weight is 367 g/mol. The number of hydrogen-bond donors (Lipinski definition) is 0. The third kappa shape index (κ3) is 3.58. The second-order valence-electron chi connectivity index (χ2n) is 6.00. The smallest absolute Gasteiger partial charge is 0.343 e. The van der Waals surface area contributed by atoms with Crippen molar-refractivity contribution in [3.63, 3.8) is 0 Å². The molecule has 0 amide bonds. The molecule has 0 aliphatic rings. The third-order valence-corrected chi connectivity index (χ3v) is 4.44. The highest BCUT2D eigenvalue weighted by Crippen LogP contribution is 2.41. The van der Waals surface area contributed by atoms with Gasteiger partial charge < -0.3 is 9.47 Å². The minimum absolute atomic E-state index is 0.404. The van der Waals surface area contributed by atoms with Crippen LogP contribution in [0.2, 0.25) is 5.02 Å². The Morgan fingerprint density at radius 1 is 0.846 bits per heavy atom. The van der Waals surface area contributed by atoms with Gasteiger partial charge in [-0.15, -0.1) is 0 Å². The van der Waals surface area contributed by atoms with Crippen molar-refractivity contribution in [3.05, 3.63) is 82.4 Å². The van der Waals surface area contributed by atoms with Crippen molar-refractivity contribution < 1.29 is 14.3 Å². The number of carbonyl (C=O) groups is 1. The molecule has 0 heterocycles. The Hall–Kier alpha value is -2.78. The molecule has 4 heteroatoms. The number of methoxy groups -OCH3 is 1. The lowest BCUT2D eigenvalue weighted by atomic mass is 9.94. The van der Waals surface area contributed by atoms with Gasteiger partial charge in [0.1, 0.15) is 11.5 Å². The number of rotatable bonds is 4. The molecule has 3 rings (SSSR count). The molecule has 132 valence electrons. The molecule has 3 aromatic carbocycles. The van der Waals surface area contributed by atoms with Crippen LogP contribution in [-0.4, -0.2) is 13.1 Å². The number of carbonyl (C=O) groups excluding carboxylic acids is 1. The quantitative estimate of drug-likeness (QED) is 0.429. The van der Waals surface area contributed by atoms with E-state index in [1.54, 1.807) is 37.4 Å². The van der Waals surface area contributed by atoms with Crippen LogP contribution in [0.15, 0.2) is 60.7 Å². The number of ether oxygens (including phenoxy) is 2. The summed E-state index contributed by atoms with van der Waals surface area (Å²) in [5.74, 6) is 0.772. The fourth-order valence-electron chi connectivity index (χ4n) is 2.95. The molecule has 0 fully saturated rings. The molecule has 0 atom stereocenters. The Bertz CT molecular complexity index is 963. The third-order valence-electron chi connectivity index (χ3n) is 4.20. The highest BCUT2D eigenvalue weighted by Gasteiger charge is 2.19. The van der Waals surface area contributed by atoms with Crippen LogP contribution in [0.4, 0.5) is 0 Å². The maximum absolute atomic E-state index is 12.6. The van der Waals surface area contributed by atoms with Gasteiger partial charge in [0.05, 0.1) is 12.7 Å². The van der Waals surface area contributed by atoms with Gasteiger partial charge >= 0.3 is 5.97 Å². The highest BCUT2D eigenvalue weighted by atomic mass is 35.5. The van der Waals surface area contributed by atoms with Crippen LogP contribution >= 0.6 is 11.6 Å². The molecular formula is C22H19ClO3. The largest absolute Gasteiger partial charge is 0.496 e. The fraction of sp³-hybridized carbons (Fsp3) is 0.136. The van der Waals surface area contributed by atoms with Crippen molar-refractivity contribution in [1.82, 2.24) is 0 Å². The van der Waals surface area contributed by atoms with E-state index < -0.39 is 5.97 Å². The van der Waals surface area contributed by atoms with E-state index >= 15 is 0 Å². The summed E-state index contributed by atoms with van der Waals surface area (Å²) in [6, 6.07) is 18.2. The van der Waals surface area contributed by atoms with E-state index in [-0.39, 0.29) is 0 Å². The predicted octanol–water partition coefficient (Wildman–Crippen LogP) is 5.85. The fourth-order valence-corrected chi connectivity index (χ4v) is 3.14. The van der Waals surface area contributed by atoms with Gasteiger partial charge in [-0.3, -0.25) is 0 Å². The summed E-state index contributed by atoms with van der Waals surface area (Å²) < 4.78 is 11.3. The summed E-state index contributed by atoms with van der Waals surface area (Å²) in [6.45, 7) is 3.99. The Labute approximate surface area is 158 Å². The van der Waals surface area contributed by atoms with E-state index in [9.17, 15) is 4.79 Å². The number of aryl methyl sites for hydroxylation is 2. The number of hydrogen-bond acceptors (Lipinski definition) is 3. The molecule has 0 aliphatic heterocycles. The van der Waals surface area contributed by atoms with Crippen molar-refractivity contribution in [2.75, 3.05) is 7.11 Å². The molecule has 0 radical (unpaired) electrons. The van der Waals surface area contributed by atoms with Gasteiger partial charge in [0.2, 0.25) is 0 Å². The number of benzene rings is 3. The number of halogens is 1. The van der Waals surface area contributed by atoms with Crippen LogP contribution in [0.5, 0.6) is 11.5 Å². The molecular weight excluding hydrogens is 348 g/mol. The SMILES string of the molecule is COc1cccc(C)c1-c1c(C)cccc1OC(=O)c1cccc(Cl)c1. The van der Waals surface area contributed by atoms with E-state index in [1.165, 1.54) is 0 Å². The van der Waals surface area contributed by atoms with E-state index in [2.05, 4.69) is 0 Å². The minimum Gasteiger partial charge on any atom is -0.496 e. The summed E-state index contributed by atoms with van der Waals surface area (Å²) in [5, 5.41) is 0.490. The summed E-state index contributed by atoms with van der Waals surface area (Å²) in [4.78, 5) is 12.6. The van der Waals surface area contributed by atoms with Crippen LogP contribution in [0.1, 0.15) is 21.5 Å².